The minimum Gasteiger partial charge on any atom is -0.515 e. The maximum absolute atomic E-state index is 4.94. The van der Waals surface area contributed by atoms with Crippen LogP contribution < -0.4 is 20.7 Å². The Bertz CT molecular complexity index is 2590. The quantitative estimate of drug-likeness (QED) is 0.112. The average Bonchev–Trinajstić information content (AvgIpc) is 2.04. The van der Waals surface area contributed by atoms with E-state index in [2.05, 4.69) is 238 Å². The molecule has 0 saturated carbocycles. The van der Waals surface area contributed by atoms with Gasteiger partial charge in [0.25, 0.3) is 0 Å². The summed E-state index contributed by atoms with van der Waals surface area (Å²) >= 11 is 0. The Balaban J connectivity index is 0.000000234. The molecule has 0 spiro atoms. The maximum Gasteiger partial charge on any atom is 2.00 e. The van der Waals surface area contributed by atoms with Gasteiger partial charge in [0.15, 0.2) is 0 Å². The van der Waals surface area contributed by atoms with Gasteiger partial charge in [0, 0.05) is 69.1 Å². The monoisotopic (exact) mass is 1320 g/mol. The van der Waals surface area contributed by atoms with Crippen molar-refractivity contribution >= 4 is 115 Å². The third-order valence-corrected chi connectivity index (χ3v) is 26.8. The Hall–Kier alpha value is -2.93. The van der Waals surface area contributed by atoms with E-state index >= 15 is 0 Å². The predicted molar refractivity (Wildman–Crippen MR) is 392 cm³/mol. The van der Waals surface area contributed by atoms with Crippen molar-refractivity contribution in [3.05, 3.63) is 193 Å². The van der Waals surface area contributed by atoms with Crippen molar-refractivity contribution in [3.63, 3.8) is 0 Å². The van der Waals surface area contributed by atoms with Gasteiger partial charge in [-0.2, -0.15) is 10.6 Å². The van der Waals surface area contributed by atoms with E-state index in [1.807, 2.05) is 36.4 Å². The number of hydrogen-bond donors (Lipinski definition) is 0. The molecule has 452 valence electrons. The Morgan fingerprint density at radius 3 is 0.812 bits per heavy atom. The number of aryl methyl sites for hydroxylation is 2. The Kier molecular flexibility index (Phi) is 34.4. The molecule has 4 nitrogen and oxygen atoms in total. The van der Waals surface area contributed by atoms with Crippen molar-refractivity contribution in [2.45, 2.75) is 144 Å². The Morgan fingerprint density at radius 2 is 0.588 bits per heavy atom. The summed E-state index contributed by atoms with van der Waals surface area (Å²) in [7, 11) is -3.66. The van der Waals surface area contributed by atoms with Crippen molar-refractivity contribution in [1.82, 2.24) is 0 Å². The first-order chi connectivity index (χ1) is 40.2. The fraction of sp³-hybridized carbons (Fsp3) is 0.405. The van der Waals surface area contributed by atoms with Gasteiger partial charge in [-0.15, -0.1) is 12.1 Å². The minimum atomic E-state index is -1.47. The van der Waals surface area contributed by atoms with Crippen LogP contribution >= 0.6 is 16.4 Å². The van der Waals surface area contributed by atoms with E-state index in [0.717, 1.165) is 61.0 Å². The fourth-order valence-electron chi connectivity index (χ4n) is 10.3. The summed E-state index contributed by atoms with van der Waals surface area (Å²) in [4.78, 5) is 0. The van der Waals surface area contributed by atoms with Crippen LogP contribution in [-0.2, 0) is 18.9 Å². The molecule has 0 amide bonds. The van der Waals surface area contributed by atoms with E-state index in [0.29, 0.717) is 0 Å². The molecule has 0 atom stereocenters. The molecule has 0 aliphatic carbocycles. The van der Waals surface area contributed by atoms with Crippen LogP contribution in [0, 0.1) is 13.8 Å². The van der Waals surface area contributed by atoms with Crippen LogP contribution in [0.3, 0.4) is 0 Å². The minimum absolute atomic E-state index is 0. The molecule has 4 aliphatic heterocycles. The van der Waals surface area contributed by atoms with Gasteiger partial charge in [-0.25, -0.2) is 0 Å². The van der Waals surface area contributed by atoms with Gasteiger partial charge < -0.3 is 27.1 Å². The summed E-state index contributed by atoms with van der Waals surface area (Å²) in [6.45, 7) is 42.3. The Labute approximate surface area is 561 Å². The van der Waals surface area contributed by atoms with Crippen LogP contribution in [0.15, 0.2) is 182 Å². The average molecular weight is 1320 g/mol. The topological polar surface area (TPSA) is 36.9 Å². The van der Waals surface area contributed by atoms with E-state index in [1.54, 1.807) is 41.9 Å². The van der Waals surface area contributed by atoms with Crippen LogP contribution in [0.5, 0.6) is 0 Å². The van der Waals surface area contributed by atoms with Gasteiger partial charge in [0.05, 0.1) is 34.8 Å². The molecule has 6 heterocycles. The zero-order valence-corrected chi connectivity index (χ0v) is 64.3. The number of rotatable bonds is 8. The molecule has 4 saturated heterocycles. The fourth-order valence-corrected chi connectivity index (χ4v) is 29.8. The van der Waals surface area contributed by atoms with Crippen LogP contribution in [-0.4, -0.2) is 131 Å². The molecule has 0 bridgehead atoms. The maximum atomic E-state index is 4.94. The second-order valence-corrected chi connectivity index (χ2v) is 48.6. The molecule has 0 N–H and O–H groups in total. The number of hydrogen-bond acceptors (Lipinski definition) is 4. The largest absolute Gasteiger partial charge is 2.00 e. The van der Waals surface area contributed by atoms with E-state index in [-0.39, 0.29) is 45.5 Å². The molecule has 4 fully saturated rings. The SMILES string of the molecule is C1CCOC1.C1CCOC1.C1CCOC1.C1CCOC1.C[Si](C)(C)c1c(-c2ccccc2)[p-]c(-c2ccccc2)c1[Si](C)(C)C.C[Si](C)(C)c1c(-c2ccccc2)[pH+][c-](-c2ccccc2)c1[Si](C)(C)C.Cc1ccccc1.Cc1ccccc1.[Sr+2]. The standard InChI is InChI=1S/C22H29PSi2.C22H28PSi2.2C7H8.4C4H8O.Sr/c2*1-24(2,3)21-19(17-13-9-7-10-14-17)23-20(22(21)25(4,5)6)18-15-11-8-12-16-18;2*1-7-5-3-2-4-6-7;4*1-2-4-5-3-1;/h7-16,23H,1-6H3;7-16H,1-6H3;2*2-6H,1H3;4*1-4H2;/q;-1;;;;;;;+2. The van der Waals surface area contributed by atoms with Gasteiger partial charge in [0.2, 0.25) is 0 Å². The van der Waals surface area contributed by atoms with Crippen molar-refractivity contribution in [1.29, 1.82) is 0 Å². The van der Waals surface area contributed by atoms with Crippen LogP contribution in [0.1, 0.15) is 62.5 Å². The van der Waals surface area contributed by atoms with Crippen LogP contribution in [0.4, 0.5) is 0 Å². The van der Waals surface area contributed by atoms with Crippen LogP contribution in [0.25, 0.3) is 43.4 Å². The smallest absolute Gasteiger partial charge is 0.515 e. The van der Waals surface area contributed by atoms with Crippen molar-refractivity contribution < 1.29 is 18.9 Å². The van der Waals surface area contributed by atoms with E-state index in [1.165, 1.54) is 92.9 Å². The second-order valence-electron chi connectivity index (χ2n) is 26.2. The normalized spacial score (nSPS) is 14.5. The molecule has 6 aromatic carbocycles. The van der Waals surface area contributed by atoms with Crippen LogP contribution in [0.2, 0.25) is 78.6 Å². The molecular weight excluding hydrogens is 1210 g/mol. The van der Waals surface area contributed by atoms with E-state index < -0.39 is 32.3 Å². The van der Waals surface area contributed by atoms with Gasteiger partial charge in [-0.3, -0.25) is 0 Å². The van der Waals surface area contributed by atoms with Gasteiger partial charge in [-0.1, -0.05) is 297 Å². The third-order valence-electron chi connectivity index (χ3n) is 14.4. The van der Waals surface area contributed by atoms with Gasteiger partial charge in [-0.05, 0) is 70.8 Å². The molecule has 4 aliphatic rings. The number of ether oxygens (including phenoxy) is 4. The number of benzene rings is 6. The summed E-state index contributed by atoms with van der Waals surface area (Å²) in [6, 6.07) is 64.8. The predicted octanol–water partition coefficient (Wildman–Crippen LogP) is 19.3. The van der Waals surface area contributed by atoms with E-state index in [9.17, 15) is 0 Å². The molecule has 0 unspecified atom stereocenters. The van der Waals surface area contributed by atoms with Crippen molar-refractivity contribution in [3.8, 4) is 43.4 Å². The van der Waals surface area contributed by atoms with Gasteiger partial charge in [0.1, 0.15) is 0 Å². The third kappa shape index (κ3) is 27.0. The first-order valence-corrected chi connectivity index (χ1v) is 47.1. The zero-order valence-electron chi connectivity index (χ0n) is 54.9. The summed E-state index contributed by atoms with van der Waals surface area (Å²) < 4.78 is 19.8. The summed E-state index contributed by atoms with van der Waals surface area (Å²) in [5.41, 5.74) is 8.32. The molecule has 12 rings (SSSR count). The summed E-state index contributed by atoms with van der Waals surface area (Å²) in [5.74, 6) is 0. The molecule has 85 heavy (non-hydrogen) atoms. The van der Waals surface area contributed by atoms with E-state index in [4.69, 9.17) is 18.9 Å². The van der Waals surface area contributed by atoms with Gasteiger partial charge >= 0.3 is 45.5 Å². The molecular formula is C74H105O4P2Si4Sr+. The first-order valence-electron chi connectivity index (χ1n) is 31.2. The molecule has 11 heteroatoms. The summed E-state index contributed by atoms with van der Waals surface area (Å²) in [6.07, 6.45) is 10.2. The zero-order chi connectivity index (χ0) is 60.9. The molecule has 0 radical (unpaired) electrons. The summed E-state index contributed by atoms with van der Waals surface area (Å²) in [5, 5.41) is 13.3. The first kappa shape index (κ1) is 74.5. The van der Waals surface area contributed by atoms with Crippen molar-refractivity contribution in [2.75, 3.05) is 52.9 Å². The Morgan fingerprint density at radius 1 is 0.329 bits per heavy atom. The molecule has 2 aromatic heterocycles. The molecule has 8 aromatic rings. The van der Waals surface area contributed by atoms with Crippen molar-refractivity contribution in [2.24, 2.45) is 0 Å². The second kappa shape index (κ2) is 39.3.